The Labute approximate surface area is 191 Å². The van der Waals surface area contributed by atoms with Crippen LogP contribution in [0.15, 0.2) is 71.7 Å². The van der Waals surface area contributed by atoms with Crippen LogP contribution in [0.1, 0.15) is 26.9 Å². The first kappa shape index (κ1) is 23.1. The number of nitrogens with zero attached hydrogens (tertiary/aromatic N) is 2. The highest BCUT2D eigenvalue weighted by Crippen LogP contribution is 2.34. The first-order valence-electron chi connectivity index (χ1n) is 10.2. The standard InChI is InChI=1S/C23H19F2N3O6/c24-15-11-28(23(31)27-19(15)26)20-17(25)18(34-22(30)14-9-5-2-6-10-14)16(33-20)12-32-21(29)13-7-3-1-4-8-13/h1-11,16-18,20H,12H2,(H2,26,27,31)/t16-,17+,18-,20-/m0/s1. The molecule has 2 aromatic carbocycles. The molecule has 0 bridgehead atoms. The van der Waals surface area contributed by atoms with Gasteiger partial charge in [0.05, 0.1) is 17.3 Å². The number of hydrogen-bond donors (Lipinski definition) is 1. The van der Waals surface area contributed by atoms with E-state index in [0.29, 0.717) is 10.8 Å². The fourth-order valence-corrected chi connectivity index (χ4v) is 3.41. The van der Waals surface area contributed by atoms with E-state index >= 15 is 4.39 Å². The molecule has 2 N–H and O–H groups in total. The van der Waals surface area contributed by atoms with Gasteiger partial charge in [-0.1, -0.05) is 36.4 Å². The Morgan fingerprint density at radius 2 is 1.62 bits per heavy atom. The van der Waals surface area contributed by atoms with Crippen molar-refractivity contribution >= 4 is 17.8 Å². The molecule has 0 spiro atoms. The lowest BCUT2D eigenvalue weighted by Gasteiger charge is -2.19. The molecule has 9 nitrogen and oxygen atoms in total. The molecule has 1 aromatic heterocycles. The van der Waals surface area contributed by atoms with Crippen LogP contribution in [-0.4, -0.2) is 46.5 Å². The molecule has 1 aliphatic heterocycles. The summed E-state index contributed by atoms with van der Waals surface area (Å²) in [5, 5.41) is 0. The highest BCUT2D eigenvalue weighted by molar-refractivity contribution is 5.90. The van der Waals surface area contributed by atoms with Gasteiger partial charge in [-0.15, -0.1) is 0 Å². The van der Waals surface area contributed by atoms with E-state index in [0.717, 1.165) is 0 Å². The molecule has 176 valence electrons. The number of aromatic nitrogens is 2. The lowest BCUT2D eigenvalue weighted by Crippen LogP contribution is -2.38. The number of anilines is 1. The lowest BCUT2D eigenvalue weighted by atomic mass is 10.1. The van der Waals surface area contributed by atoms with Crippen molar-refractivity contribution < 1.29 is 32.6 Å². The van der Waals surface area contributed by atoms with Crippen molar-refractivity contribution in [3.8, 4) is 0 Å². The molecule has 34 heavy (non-hydrogen) atoms. The molecular formula is C23H19F2N3O6. The average Bonchev–Trinajstić information content (AvgIpc) is 3.15. The smallest absolute Gasteiger partial charge is 0.351 e. The SMILES string of the molecule is Nc1nc(=O)n([C@H]2O[C@@H](COC(=O)c3ccccc3)[C@H](OC(=O)c3ccccc3)[C@H]2F)cc1F. The van der Waals surface area contributed by atoms with E-state index in [1.54, 1.807) is 36.4 Å². The van der Waals surface area contributed by atoms with Crippen molar-refractivity contribution in [3.05, 3.63) is 94.3 Å². The summed E-state index contributed by atoms with van der Waals surface area (Å²) in [6.45, 7) is -0.503. The van der Waals surface area contributed by atoms with E-state index in [-0.39, 0.29) is 11.1 Å². The summed E-state index contributed by atoms with van der Waals surface area (Å²) in [6, 6.07) is 15.8. The van der Waals surface area contributed by atoms with Crippen molar-refractivity contribution in [2.24, 2.45) is 0 Å². The molecule has 4 rings (SSSR count). The predicted octanol–water partition coefficient (Wildman–Crippen LogP) is 2.28. The molecule has 0 saturated carbocycles. The van der Waals surface area contributed by atoms with Gasteiger partial charge in [-0.2, -0.15) is 4.98 Å². The number of rotatable bonds is 6. The van der Waals surface area contributed by atoms with Crippen molar-refractivity contribution in [3.63, 3.8) is 0 Å². The van der Waals surface area contributed by atoms with Crippen LogP contribution >= 0.6 is 0 Å². The van der Waals surface area contributed by atoms with Gasteiger partial charge >= 0.3 is 17.6 Å². The molecule has 1 fully saturated rings. The van der Waals surface area contributed by atoms with Crippen molar-refractivity contribution in [1.82, 2.24) is 9.55 Å². The minimum absolute atomic E-state index is 0.149. The highest BCUT2D eigenvalue weighted by Gasteiger charge is 2.50. The molecular weight excluding hydrogens is 452 g/mol. The number of ether oxygens (including phenoxy) is 3. The van der Waals surface area contributed by atoms with Crippen LogP contribution in [0.5, 0.6) is 0 Å². The number of alkyl halides is 1. The van der Waals surface area contributed by atoms with Crippen LogP contribution in [-0.2, 0) is 14.2 Å². The number of nitrogen functional groups attached to an aromatic ring is 1. The monoisotopic (exact) mass is 471 g/mol. The van der Waals surface area contributed by atoms with E-state index in [1.165, 1.54) is 24.3 Å². The third-order valence-corrected chi connectivity index (χ3v) is 5.12. The second-order valence-corrected chi connectivity index (χ2v) is 7.37. The van der Waals surface area contributed by atoms with Crippen LogP contribution in [0.25, 0.3) is 0 Å². The maximum Gasteiger partial charge on any atom is 0.351 e. The van der Waals surface area contributed by atoms with Gasteiger partial charge in [0.25, 0.3) is 0 Å². The zero-order valence-electron chi connectivity index (χ0n) is 17.5. The summed E-state index contributed by atoms with van der Waals surface area (Å²) in [6.07, 6.45) is -6.04. The number of carbonyl (C=O) groups excluding carboxylic acids is 2. The third kappa shape index (κ3) is 4.79. The number of hydrogen-bond acceptors (Lipinski definition) is 8. The van der Waals surface area contributed by atoms with Gasteiger partial charge in [0, 0.05) is 0 Å². The number of halogens is 2. The first-order chi connectivity index (χ1) is 16.3. The lowest BCUT2D eigenvalue weighted by molar-refractivity contribution is -0.0593. The Bertz CT molecular complexity index is 1240. The van der Waals surface area contributed by atoms with E-state index in [4.69, 9.17) is 19.9 Å². The van der Waals surface area contributed by atoms with Gasteiger partial charge in [-0.3, -0.25) is 4.57 Å². The third-order valence-electron chi connectivity index (χ3n) is 5.12. The summed E-state index contributed by atoms with van der Waals surface area (Å²) >= 11 is 0. The van der Waals surface area contributed by atoms with Crippen molar-refractivity contribution in [2.45, 2.75) is 24.6 Å². The van der Waals surface area contributed by atoms with Gasteiger partial charge in [-0.05, 0) is 24.3 Å². The van der Waals surface area contributed by atoms with Crippen LogP contribution in [0, 0.1) is 5.82 Å². The molecule has 2 heterocycles. The quantitative estimate of drug-likeness (QED) is 0.544. The maximum atomic E-state index is 15.4. The molecule has 0 aliphatic carbocycles. The molecule has 0 radical (unpaired) electrons. The minimum atomic E-state index is -2.12. The van der Waals surface area contributed by atoms with Crippen LogP contribution in [0.3, 0.4) is 0 Å². The summed E-state index contributed by atoms with van der Waals surface area (Å²) in [5.74, 6) is -3.29. The zero-order valence-corrected chi connectivity index (χ0v) is 17.5. The van der Waals surface area contributed by atoms with Gasteiger partial charge in [0.1, 0.15) is 12.7 Å². The predicted molar refractivity (Wildman–Crippen MR) is 114 cm³/mol. The fraction of sp³-hybridized carbons (Fsp3) is 0.217. The summed E-state index contributed by atoms with van der Waals surface area (Å²) in [4.78, 5) is 40.4. The maximum absolute atomic E-state index is 15.4. The second-order valence-electron chi connectivity index (χ2n) is 7.37. The molecule has 1 aliphatic rings. The van der Waals surface area contributed by atoms with E-state index < -0.39 is 60.5 Å². The number of esters is 2. The summed E-state index contributed by atoms with van der Waals surface area (Å²) in [7, 11) is 0. The molecule has 0 amide bonds. The number of nitrogens with two attached hydrogens (primary N) is 1. The fourth-order valence-electron chi connectivity index (χ4n) is 3.41. The van der Waals surface area contributed by atoms with Gasteiger partial charge in [0.15, 0.2) is 30.1 Å². The summed E-state index contributed by atoms with van der Waals surface area (Å²) < 4.78 is 46.0. The molecule has 0 unspecified atom stereocenters. The van der Waals surface area contributed by atoms with E-state index in [2.05, 4.69) is 4.98 Å². The molecule has 3 aromatic rings. The molecule has 11 heteroatoms. The summed E-state index contributed by atoms with van der Waals surface area (Å²) in [5.41, 5.74) is 4.61. The Morgan fingerprint density at radius 3 is 2.24 bits per heavy atom. The zero-order chi connectivity index (χ0) is 24.2. The van der Waals surface area contributed by atoms with E-state index in [1.807, 2.05) is 0 Å². The normalized spacial score (nSPS) is 21.7. The van der Waals surface area contributed by atoms with Crippen LogP contribution < -0.4 is 11.4 Å². The highest BCUT2D eigenvalue weighted by atomic mass is 19.1. The Morgan fingerprint density at radius 1 is 1.03 bits per heavy atom. The molecule has 1 saturated heterocycles. The Kier molecular flexibility index (Phi) is 6.64. The number of carbonyl (C=O) groups is 2. The van der Waals surface area contributed by atoms with Gasteiger partial charge < -0.3 is 19.9 Å². The van der Waals surface area contributed by atoms with Crippen molar-refractivity contribution in [2.75, 3.05) is 12.3 Å². The van der Waals surface area contributed by atoms with Crippen molar-refractivity contribution in [1.29, 1.82) is 0 Å². The second kappa shape index (κ2) is 9.79. The average molecular weight is 471 g/mol. The first-order valence-corrected chi connectivity index (χ1v) is 10.2. The molecule has 4 atom stereocenters. The van der Waals surface area contributed by atoms with Crippen LogP contribution in [0.2, 0.25) is 0 Å². The van der Waals surface area contributed by atoms with E-state index in [9.17, 15) is 18.8 Å². The van der Waals surface area contributed by atoms with Gasteiger partial charge in [0.2, 0.25) is 0 Å². The number of benzene rings is 2. The minimum Gasteiger partial charge on any atom is -0.459 e. The Hall–Kier alpha value is -4.12. The largest absolute Gasteiger partial charge is 0.459 e. The van der Waals surface area contributed by atoms with Gasteiger partial charge in [-0.25, -0.2) is 23.2 Å². The Balaban J connectivity index is 1.58. The topological polar surface area (TPSA) is 123 Å². The van der Waals surface area contributed by atoms with Crippen LogP contribution in [0.4, 0.5) is 14.6 Å².